The summed E-state index contributed by atoms with van der Waals surface area (Å²) in [4.78, 5) is 18.1. The fourth-order valence-corrected chi connectivity index (χ4v) is 3.76. The highest BCUT2D eigenvalue weighted by atomic mass is 35.5. The van der Waals surface area contributed by atoms with Gasteiger partial charge in [-0.3, -0.25) is 4.79 Å². The summed E-state index contributed by atoms with van der Waals surface area (Å²) in [6.07, 6.45) is 3.68. The highest BCUT2D eigenvalue weighted by Gasteiger charge is 2.21. The molecule has 2 heterocycles. The van der Waals surface area contributed by atoms with E-state index in [2.05, 4.69) is 10.3 Å². The lowest BCUT2D eigenvalue weighted by atomic mass is 10.2. The number of anilines is 2. The van der Waals surface area contributed by atoms with E-state index in [9.17, 15) is 13.6 Å². The van der Waals surface area contributed by atoms with Crippen molar-refractivity contribution in [2.24, 2.45) is 0 Å². The summed E-state index contributed by atoms with van der Waals surface area (Å²) >= 11 is 6.15. The van der Waals surface area contributed by atoms with Gasteiger partial charge in [-0.2, -0.15) is 0 Å². The Bertz CT molecular complexity index is 1040. The minimum atomic E-state index is -0.677. The van der Waals surface area contributed by atoms with Crippen molar-refractivity contribution in [3.8, 4) is 11.3 Å². The average molecular weight is 432 g/mol. The molecule has 0 radical (unpaired) electrons. The topological polar surface area (TPSA) is 58.4 Å². The molecule has 1 amide bonds. The second-order valence-electron chi connectivity index (χ2n) is 7.13. The van der Waals surface area contributed by atoms with Crippen molar-refractivity contribution >= 4 is 28.9 Å². The Morgan fingerprint density at radius 2 is 1.87 bits per heavy atom. The highest BCUT2D eigenvalue weighted by Crippen LogP contribution is 2.30. The van der Waals surface area contributed by atoms with Crippen molar-refractivity contribution < 1.29 is 18.0 Å². The van der Waals surface area contributed by atoms with Crippen molar-refractivity contribution in [1.29, 1.82) is 0 Å². The fourth-order valence-electron chi connectivity index (χ4n) is 3.54. The van der Waals surface area contributed by atoms with E-state index in [1.54, 1.807) is 17.2 Å². The van der Waals surface area contributed by atoms with E-state index in [-0.39, 0.29) is 30.1 Å². The van der Waals surface area contributed by atoms with Gasteiger partial charge < -0.3 is 14.6 Å². The number of oxazole rings is 1. The van der Waals surface area contributed by atoms with Crippen LogP contribution < -0.4 is 10.2 Å². The molecule has 1 saturated heterocycles. The molecule has 1 aliphatic rings. The van der Waals surface area contributed by atoms with Crippen LogP contribution in [0.4, 0.5) is 20.2 Å². The zero-order chi connectivity index (χ0) is 21.1. The number of carbonyl (C=O) groups excluding carboxylic acids is 1. The number of amides is 1. The number of halogens is 3. The van der Waals surface area contributed by atoms with Gasteiger partial charge in [-0.25, -0.2) is 13.8 Å². The van der Waals surface area contributed by atoms with E-state index < -0.39 is 11.6 Å². The Morgan fingerprint density at radius 3 is 2.57 bits per heavy atom. The quantitative estimate of drug-likeness (QED) is 0.564. The average Bonchev–Trinajstić information content (AvgIpc) is 3.38. The Kier molecular flexibility index (Phi) is 5.99. The highest BCUT2D eigenvalue weighted by molar-refractivity contribution is 6.33. The maximum absolute atomic E-state index is 14.4. The van der Waals surface area contributed by atoms with Crippen LogP contribution in [0, 0.1) is 11.6 Å². The summed E-state index contributed by atoms with van der Waals surface area (Å²) in [6.45, 7) is 1.26. The summed E-state index contributed by atoms with van der Waals surface area (Å²) in [5.41, 5.74) is 0.769. The zero-order valence-corrected chi connectivity index (χ0v) is 16.9. The molecule has 1 N–H and O–H groups in total. The minimum absolute atomic E-state index is 0.0302. The minimum Gasteiger partial charge on any atom is -0.441 e. The summed E-state index contributed by atoms with van der Waals surface area (Å²) in [7, 11) is 0. The SMILES string of the molecule is O=C(CCc1ncc(-c2ccccc2Cl)o1)Nc1cc(F)c(N2CCCC2)c(F)c1. The molecule has 1 aliphatic heterocycles. The van der Waals surface area contributed by atoms with Crippen LogP contribution in [0.3, 0.4) is 0 Å². The van der Waals surface area contributed by atoms with Crippen molar-refractivity contribution in [1.82, 2.24) is 4.98 Å². The van der Waals surface area contributed by atoms with E-state index in [1.807, 2.05) is 18.2 Å². The van der Waals surface area contributed by atoms with E-state index in [0.717, 1.165) is 25.0 Å². The molecular weight excluding hydrogens is 412 g/mol. The normalized spacial score (nSPS) is 13.6. The predicted octanol–water partition coefficient (Wildman–Crippen LogP) is 5.44. The molecule has 0 unspecified atom stereocenters. The molecule has 0 saturated carbocycles. The van der Waals surface area contributed by atoms with E-state index >= 15 is 0 Å². The molecule has 5 nitrogen and oxygen atoms in total. The number of benzene rings is 2. The third kappa shape index (κ3) is 4.46. The van der Waals surface area contributed by atoms with Crippen LogP contribution >= 0.6 is 11.6 Å². The molecule has 8 heteroatoms. The molecule has 2 aromatic carbocycles. The Labute approximate surface area is 177 Å². The van der Waals surface area contributed by atoms with Gasteiger partial charge in [0.05, 0.1) is 11.2 Å². The Hall–Kier alpha value is -2.93. The number of rotatable bonds is 6. The smallest absolute Gasteiger partial charge is 0.224 e. The number of aromatic nitrogens is 1. The summed E-state index contributed by atoms with van der Waals surface area (Å²) in [6, 6.07) is 9.51. The second kappa shape index (κ2) is 8.83. The monoisotopic (exact) mass is 431 g/mol. The number of hydrogen-bond acceptors (Lipinski definition) is 4. The van der Waals surface area contributed by atoms with Crippen molar-refractivity contribution in [3.05, 3.63) is 65.1 Å². The van der Waals surface area contributed by atoms with Gasteiger partial charge in [0.2, 0.25) is 5.91 Å². The Balaban J connectivity index is 1.37. The predicted molar refractivity (Wildman–Crippen MR) is 112 cm³/mol. The first-order chi connectivity index (χ1) is 14.5. The van der Waals surface area contributed by atoms with Crippen molar-refractivity contribution in [2.45, 2.75) is 25.7 Å². The molecule has 1 aromatic heterocycles. The molecule has 0 bridgehead atoms. The molecule has 4 rings (SSSR count). The lowest BCUT2D eigenvalue weighted by molar-refractivity contribution is -0.116. The van der Waals surface area contributed by atoms with Crippen LogP contribution in [-0.4, -0.2) is 24.0 Å². The standard InChI is InChI=1S/C22H20ClF2N3O2/c23-16-6-2-1-5-15(16)19-13-26-21(30-19)8-7-20(29)27-14-11-17(24)22(18(25)12-14)28-9-3-4-10-28/h1-2,5-6,11-13H,3-4,7-10H2,(H,27,29). The summed E-state index contributed by atoms with van der Waals surface area (Å²) in [5, 5.41) is 3.07. The molecule has 156 valence electrons. The fraction of sp³-hybridized carbons (Fsp3) is 0.273. The second-order valence-corrected chi connectivity index (χ2v) is 7.54. The van der Waals surface area contributed by atoms with E-state index in [4.69, 9.17) is 16.0 Å². The van der Waals surface area contributed by atoms with Crippen LogP contribution in [0.2, 0.25) is 5.02 Å². The number of nitrogens with one attached hydrogen (secondary N) is 1. The van der Waals surface area contributed by atoms with Gasteiger partial charge >= 0.3 is 0 Å². The third-order valence-electron chi connectivity index (χ3n) is 4.98. The molecule has 1 fully saturated rings. The lowest BCUT2D eigenvalue weighted by Crippen LogP contribution is -2.21. The number of aryl methyl sites for hydroxylation is 1. The van der Waals surface area contributed by atoms with Gasteiger partial charge in [-0.1, -0.05) is 23.7 Å². The van der Waals surface area contributed by atoms with Crippen molar-refractivity contribution in [3.63, 3.8) is 0 Å². The van der Waals surface area contributed by atoms with Crippen LogP contribution in [0.15, 0.2) is 47.0 Å². The van der Waals surface area contributed by atoms with Crippen LogP contribution in [0.1, 0.15) is 25.2 Å². The molecule has 0 aliphatic carbocycles. The maximum Gasteiger partial charge on any atom is 0.224 e. The van der Waals surface area contributed by atoms with Crippen LogP contribution in [0.5, 0.6) is 0 Å². The molecule has 0 atom stereocenters. The summed E-state index contributed by atoms with van der Waals surface area (Å²) < 4.78 is 34.4. The Morgan fingerprint density at radius 1 is 1.17 bits per heavy atom. The van der Waals surface area contributed by atoms with Gasteiger partial charge in [0.25, 0.3) is 0 Å². The van der Waals surface area contributed by atoms with Gasteiger partial charge in [0, 0.05) is 37.2 Å². The van der Waals surface area contributed by atoms with Crippen LogP contribution in [0.25, 0.3) is 11.3 Å². The van der Waals surface area contributed by atoms with Gasteiger partial charge in [-0.15, -0.1) is 0 Å². The molecule has 0 spiro atoms. The van der Waals surface area contributed by atoms with Gasteiger partial charge in [0.15, 0.2) is 23.3 Å². The zero-order valence-electron chi connectivity index (χ0n) is 16.1. The van der Waals surface area contributed by atoms with Gasteiger partial charge in [0.1, 0.15) is 5.69 Å². The lowest BCUT2D eigenvalue weighted by Gasteiger charge is -2.19. The summed E-state index contributed by atoms with van der Waals surface area (Å²) in [5.74, 6) is -0.853. The number of carbonyl (C=O) groups is 1. The first-order valence-electron chi connectivity index (χ1n) is 9.75. The third-order valence-corrected chi connectivity index (χ3v) is 5.31. The molecular formula is C22H20ClF2N3O2. The number of hydrogen-bond donors (Lipinski definition) is 1. The van der Waals surface area contributed by atoms with Gasteiger partial charge in [-0.05, 0) is 37.1 Å². The van der Waals surface area contributed by atoms with Crippen LogP contribution in [-0.2, 0) is 11.2 Å². The first kappa shape index (κ1) is 20.3. The largest absolute Gasteiger partial charge is 0.441 e. The molecule has 3 aromatic rings. The van der Waals surface area contributed by atoms with Crippen molar-refractivity contribution in [2.75, 3.05) is 23.3 Å². The number of nitrogens with zero attached hydrogens (tertiary/aromatic N) is 2. The van der Waals surface area contributed by atoms with E-state index in [1.165, 1.54) is 0 Å². The van der Waals surface area contributed by atoms with E-state index in [0.29, 0.717) is 35.3 Å². The first-order valence-corrected chi connectivity index (χ1v) is 10.1. The maximum atomic E-state index is 14.4. The molecule has 30 heavy (non-hydrogen) atoms.